The van der Waals surface area contributed by atoms with E-state index in [4.69, 9.17) is 16.7 Å². The van der Waals surface area contributed by atoms with Crippen LogP contribution in [0.5, 0.6) is 5.75 Å². The van der Waals surface area contributed by atoms with E-state index in [-0.39, 0.29) is 12.1 Å². The molecule has 0 saturated carbocycles. The van der Waals surface area contributed by atoms with Gasteiger partial charge in [-0.1, -0.05) is 6.07 Å². The molecule has 0 fully saturated rings. The van der Waals surface area contributed by atoms with Crippen molar-refractivity contribution in [1.82, 2.24) is 0 Å². The smallest absolute Gasteiger partial charge is 0.144 e. The predicted octanol–water partition coefficient (Wildman–Crippen LogP) is 0.361. The first-order chi connectivity index (χ1) is 6.61. The number of nitrogens with two attached hydrogens (primary N) is 2. The molecule has 14 heavy (non-hydrogen) atoms. The molecule has 0 aliphatic heterocycles. The molecule has 0 amide bonds. The molecule has 5 N–H and O–H groups in total. The molecular weight excluding hydrogens is 185 g/mol. The highest BCUT2D eigenvalue weighted by Crippen LogP contribution is 2.27. The van der Waals surface area contributed by atoms with E-state index in [9.17, 15) is 9.50 Å². The van der Waals surface area contributed by atoms with Gasteiger partial charge in [0.15, 0.2) is 0 Å². The van der Waals surface area contributed by atoms with E-state index in [0.29, 0.717) is 0 Å². The van der Waals surface area contributed by atoms with Crippen LogP contribution in [-0.4, -0.2) is 11.7 Å². The highest BCUT2D eigenvalue weighted by molar-refractivity contribution is 5.49. The minimum Gasteiger partial charge on any atom is -0.506 e. The Morgan fingerprint density at radius 1 is 1.57 bits per heavy atom. The molecule has 0 spiro atoms. The topological polar surface area (TPSA) is 96.1 Å². The highest BCUT2D eigenvalue weighted by Gasteiger charge is 2.15. The van der Waals surface area contributed by atoms with Crippen LogP contribution in [0.4, 0.5) is 4.39 Å². The Labute approximate surface area is 80.6 Å². The second kappa shape index (κ2) is 4.05. The molecule has 1 aromatic carbocycles. The molecule has 0 bridgehead atoms. The van der Waals surface area contributed by atoms with Crippen molar-refractivity contribution < 1.29 is 9.50 Å². The third-order valence-corrected chi connectivity index (χ3v) is 1.92. The number of hydrogen-bond donors (Lipinski definition) is 3. The van der Waals surface area contributed by atoms with Gasteiger partial charge in [0.1, 0.15) is 23.2 Å². The molecule has 4 nitrogen and oxygen atoms in total. The second-order valence-electron chi connectivity index (χ2n) is 2.81. The van der Waals surface area contributed by atoms with E-state index in [0.717, 1.165) is 6.07 Å². The van der Waals surface area contributed by atoms with Crippen molar-refractivity contribution in [2.45, 2.75) is 6.04 Å². The van der Waals surface area contributed by atoms with Crippen molar-refractivity contribution in [3.8, 4) is 11.8 Å². The number of rotatable bonds is 2. The van der Waals surface area contributed by atoms with Crippen molar-refractivity contribution in [3.63, 3.8) is 0 Å². The molecule has 1 rings (SSSR count). The number of aromatic hydroxyl groups is 1. The maximum absolute atomic E-state index is 12.9. The SMILES string of the molecule is N#Cc1c(F)ccc([C@@H](N)CN)c1O. The lowest BCUT2D eigenvalue weighted by Gasteiger charge is -2.11. The maximum Gasteiger partial charge on any atom is 0.144 e. The summed E-state index contributed by atoms with van der Waals surface area (Å²) in [5.41, 5.74) is 10.7. The van der Waals surface area contributed by atoms with Crippen LogP contribution in [0.2, 0.25) is 0 Å². The van der Waals surface area contributed by atoms with Crippen LogP contribution < -0.4 is 11.5 Å². The van der Waals surface area contributed by atoms with Gasteiger partial charge in [0, 0.05) is 18.2 Å². The summed E-state index contributed by atoms with van der Waals surface area (Å²) in [6.45, 7) is 0.115. The minimum absolute atomic E-state index is 0.115. The van der Waals surface area contributed by atoms with Crippen LogP contribution in [0.1, 0.15) is 17.2 Å². The molecule has 0 heterocycles. The van der Waals surface area contributed by atoms with Gasteiger partial charge in [0.2, 0.25) is 0 Å². The van der Waals surface area contributed by atoms with Crippen molar-refractivity contribution in [2.24, 2.45) is 11.5 Å². The summed E-state index contributed by atoms with van der Waals surface area (Å²) < 4.78 is 12.9. The van der Waals surface area contributed by atoms with E-state index in [1.54, 1.807) is 6.07 Å². The van der Waals surface area contributed by atoms with Gasteiger partial charge in [-0.3, -0.25) is 0 Å². The summed E-state index contributed by atoms with van der Waals surface area (Å²) in [6.07, 6.45) is 0. The van der Waals surface area contributed by atoms with E-state index in [1.165, 1.54) is 6.07 Å². The first-order valence-corrected chi connectivity index (χ1v) is 3.99. The number of hydrogen-bond acceptors (Lipinski definition) is 4. The average molecular weight is 195 g/mol. The summed E-state index contributed by atoms with van der Waals surface area (Å²) in [7, 11) is 0. The molecule has 0 aromatic heterocycles. The number of halogens is 1. The standard InChI is InChI=1S/C9H10FN3O/c10-7-2-1-5(8(13)4-12)9(14)6(7)3-11/h1-2,8,14H,4,12-13H2/t8-/m0/s1. The number of phenols is 1. The number of phenolic OH excluding ortho intramolecular Hbond substituents is 1. The van der Waals surface area contributed by atoms with Crippen LogP contribution in [0.25, 0.3) is 0 Å². The summed E-state index contributed by atoms with van der Waals surface area (Å²) in [4.78, 5) is 0. The number of benzene rings is 1. The third kappa shape index (κ3) is 1.66. The van der Waals surface area contributed by atoms with Gasteiger partial charge in [0.25, 0.3) is 0 Å². The first-order valence-electron chi connectivity index (χ1n) is 3.99. The van der Waals surface area contributed by atoms with E-state index in [2.05, 4.69) is 0 Å². The molecular formula is C9H10FN3O. The zero-order valence-electron chi connectivity index (χ0n) is 7.37. The quantitative estimate of drug-likeness (QED) is 0.634. The van der Waals surface area contributed by atoms with Gasteiger partial charge >= 0.3 is 0 Å². The van der Waals surface area contributed by atoms with Gasteiger partial charge in [-0.25, -0.2) is 4.39 Å². The van der Waals surface area contributed by atoms with Gasteiger partial charge in [-0.15, -0.1) is 0 Å². The molecule has 0 unspecified atom stereocenters. The summed E-state index contributed by atoms with van der Waals surface area (Å²) in [6, 6.07) is 3.38. The Balaban J connectivity index is 3.30. The lowest BCUT2D eigenvalue weighted by atomic mass is 10.0. The fraction of sp³-hybridized carbons (Fsp3) is 0.222. The van der Waals surface area contributed by atoms with Crippen LogP contribution in [0.15, 0.2) is 12.1 Å². The molecule has 1 atom stereocenters. The van der Waals surface area contributed by atoms with E-state index < -0.39 is 23.2 Å². The largest absolute Gasteiger partial charge is 0.506 e. The Bertz CT molecular complexity index is 386. The van der Waals surface area contributed by atoms with Gasteiger partial charge < -0.3 is 16.6 Å². The third-order valence-electron chi connectivity index (χ3n) is 1.92. The number of nitriles is 1. The molecule has 5 heteroatoms. The highest BCUT2D eigenvalue weighted by atomic mass is 19.1. The van der Waals surface area contributed by atoms with Crippen molar-refractivity contribution in [1.29, 1.82) is 5.26 Å². The Morgan fingerprint density at radius 3 is 2.71 bits per heavy atom. The van der Waals surface area contributed by atoms with Gasteiger partial charge in [-0.2, -0.15) is 5.26 Å². The van der Waals surface area contributed by atoms with Crippen LogP contribution in [0.3, 0.4) is 0 Å². The summed E-state index contributed by atoms with van der Waals surface area (Å²) in [5.74, 6) is -1.19. The average Bonchev–Trinajstić information content (AvgIpc) is 2.18. The van der Waals surface area contributed by atoms with E-state index in [1.807, 2.05) is 0 Å². The van der Waals surface area contributed by atoms with Crippen LogP contribution >= 0.6 is 0 Å². The van der Waals surface area contributed by atoms with Crippen molar-refractivity contribution in [2.75, 3.05) is 6.54 Å². The number of nitrogens with zero attached hydrogens (tertiary/aromatic N) is 1. The summed E-state index contributed by atoms with van der Waals surface area (Å²) in [5, 5.41) is 18.0. The zero-order chi connectivity index (χ0) is 10.7. The molecule has 0 radical (unpaired) electrons. The van der Waals surface area contributed by atoms with Crippen molar-refractivity contribution in [3.05, 3.63) is 29.1 Å². The molecule has 0 aliphatic carbocycles. The van der Waals surface area contributed by atoms with Crippen LogP contribution in [-0.2, 0) is 0 Å². The molecule has 0 aliphatic rings. The van der Waals surface area contributed by atoms with Crippen molar-refractivity contribution >= 4 is 0 Å². The fourth-order valence-electron chi connectivity index (χ4n) is 1.12. The fourth-order valence-corrected chi connectivity index (χ4v) is 1.12. The normalized spacial score (nSPS) is 12.1. The molecule has 74 valence electrons. The van der Waals surface area contributed by atoms with Gasteiger partial charge in [-0.05, 0) is 6.07 Å². The Kier molecular flexibility index (Phi) is 3.02. The lowest BCUT2D eigenvalue weighted by molar-refractivity contribution is 0.453. The molecule has 0 saturated heterocycles. The molecule has 1 aromatic rings. The Hall–Kier alpha value is -1.64. The van der Waals surface area contributed by atoms with Crippen LogP contribution in [0, 0.1) is 17.1 Å². The lowest BCUT2D eigenvalue weighted by Crippen LogP contribution is -2.21. The monoisotopic (exact) mass is 195 g/mol. The van der Waals surface area contributed by atoms with E-state index >= 15 is 0 Å². The summed E-state index contributed by atoms with van der Waals surface area (Å²) >= 11 is 0. The zero-order valence-corrected chi connectivity index (χ0v) is 7.37. The first kappa shape index (κ1) is 10.4. The predicted molar refractivity (Wildman–Crippen MR) is 48.8 cm³/mol. The van der Waals surface area contributed by atoms with Gasteiger partial charge in [0.05, 0.1) is 0 Å². The second-order valence-corrected chi connectivity index (χ2v) is 2.81. The Morgan fingerprint density at radius 2 is 2.21 bits per heavy atom. The minimum atomic E-state index is -0.766. The maximum atomic E-state index is 12.9.